The lowest BCUT2D eigenvalue weighted by Gasteiger charge is -2.30. The molecule has 19 nitrogen and oxygen atoms in total. The topological polar surface area (TPSA) is 287 Å². The average Bonchev–Trinajstić information content (AvgIpc) is 4.03. The maximum absolute atomic E-state index is 12.5. The SMILES string of the molecule is CC1(CCCCS(=O)(=O)O)C(/C=C/C=C/C=C/C=C2/N(CCCCCC(=O)ON3C(=O)CCC3=O)c3ccc(S(=O)(=O)O)cc3C2(C)CCCCS(=O)(=O)O)=[N+](CCCC2=C/C=C\C=C/C=C2)c2ccc(S(=O)(=O)O)cc21. The number of benzene rings is 2. The number of carbonyl (C=O) groups is 3. The van der Waals surface area contributed by atoms with Crippen molar-refractivity contribution in [3.8, 4) is 0 Å². The Balaban J connectivity index is 1.30. The Morgan fingerprint density at radius 2 is 1.25 bits per heavy atom. The van der Waals surface area contributed by atoms with Gasteiger partial charge in [0.25, 0.3) is 52.3 Å². The molecule has 0 spiro atoms. The molecule has 4 N–H and O–H groups in total. The number of unbranched alkanes of at least 4 members (excludes halogenated alkanes) is 4. The van der Waals surface area contributed by atoms with Crippen molar-refractivity contribution < 1.29 is 75.7 Å². The predicted octanol–water partition coefficient (Wildman–Crippen LogP) is 8.54. The highest BCUT2D eigenvalue weighted by Gasteiger charge is 2.48. The predicted molar refractivity (Wildman–Crippen MR) is 291 cm³/mol. The molecule has 416 valence electrons. The van der Waals surface area contributed by atoms with Crippen molar-refractivity contribution in [2.45, 2.75) is 124 Å². The summed E-state index contributed by atoms with van der Waals surface area (Å²) in [5, 5.41) is 0.498. The molecule has 1 saturated heterocycles. The fourth-order valence-corrected chi connectivity index (χ4v) is 12.3. The summed E-state index contributed by atoms with van der Waals surface area (Å²) in [4.78, 5) is 42.7. The van der Waals surface area contributed by atoms with Gasteiger partial charge in [-0.3, -0.25) is 27.8 Å². The zero-order chi connectivity index (χ0) is 56.2. The van der Waals surface area contributed by atoms with Crippen LogP contribution in [0.3, 0.4) is 0 Å². The number of allylic oxidation sites excluding steroid dienone is 16. The van der Waals surface area contributed by atoms with E-state index in [-0.39, 0.29) is 41.9 Å². The first-order valence-electron chi connectivity index (χ1n) is 25.3. The molecular formula is C54H66N3O16S4+. The Kier molecular flexibility index (Phi) is 20.1. The summed E-state index contributed by atoms with van der Waals surface area (Å²) >= 11 is 0. The molecule has 0 radical (unpaired) electrons. The molecular weight excluding hydrogens is 1070 g/mol. The van der Waals surface area contributed by atoms with Gasteiger partial charge in [-0.15, -0.1) is 5.06 Å². The summed E-state index contributed by atoms with van der Waals surface area (Å²) in [6.07, 6.45) is 30.6. The van der Waals surface area contributed by atoms with Crippen molar-refractivity contribution in [1.29, 1.82) is 0 Å². The molecule has 4 aliphatic rings. The molecule has 2 atom stereocenters. The van der Waals surface area contributed by atoms with Crippen LogP contribution in [-0.2, 0) is 70.5 Å². The Hall–Kier alpha value is -5.92. The second kappa shape index (κ2) is 25.7. The molecule has 0 bridgehead atoms. The van der Waals surface area contributed by atoms with Gasteiger partial charge in [-0.2, -0.15) is 38.2 Å². The van der Waals surface area contributed by atoms with Crippen molar-refractivity contribution in [2.75, 3.05) is 29.5 Å². The van der Waals surface area contributed by atoms with E-state index in [1.54, 1.807) is 36.4 Å². The maximum atomic E-state index is 12.5. The highest BCUT2D eigenvalue weighted by molar-refractivity contribution is 7.86. The summed E-state index contributed by atoms with van der Waals surface area (Å²) in [7, 11) is -17.8. The number of amides is 2. The van der Waals surface area contributed by atoms with Crippen LogP contribution >= 0.6 is 0 Å². The van der Waals surface area contributed by atoms with Crippen LogP contribution in [0.5, 0.6) is 0 Å². The zero-order valence-corrected chi connectivity index (χ0v) is 46.2. The summed E-state index contributed by atoms with van der Waals surface area (Å²) in [6.45, 7) is 4.69. The number of imide groups is 1. The molecule has 0 aromatic heterocycles. The van der Waals surface area contributed by atoms with E-state index in [0.29, 0.717) is 98.5 Å². The van der Waals surface area contributed by atoms with E-state index in [1.165, 1.54) is 24.3 Å². The first-order valence-corrected chi connectivity index (χ1v) is 31.4. The van der Waals surface area contributed by atoms with E-state index in [2.05, 4.69) is 4.58 Å². The van der Waals surface area contributed by atoms with Crippen LogP contribution in [0.1, 0.15) is 115 Å². The van der Waals surface area contributed by atoms with E-state index < -0.39 is 80.6 Å². The Labute approximate surface area is 451 Å². The van der Waals surface area contributed by atoms with Crippen molar-refractivity contribution in [1.82, 2.24) is 5.06 Å². The third-order valence-corrected chi connectivity index (χ3v) is 17.3. The van der Waals surface area contributed by atoms with Gasteiger partial charge in [0, 0.05) is 66.7 Å². The Morgan fingerprint density at radius 1 is 0.662 bits per heavy atom. The number of hydrogen-bond donors (Lipinski definition) is 4. The average molecular weight is 1140 g/mol. The van der Waals surface area contributed by atoms with Crippen LogP contribution < -0.4 is 4.90 Å². The van der Waals surface area contributed by atoms with Gasteiger partial charge >= 0.3 is 5.97 Å². The summed E-state index contributed by atoms with van der Waals surface area (Å²) < 4.78 is 138. The minimum atomic E-state index is -4.64. The molecule has 1 aliphatic carbocycles. The lowest BCUT2D eigenvalue weighted by atomic mass is 9.75. The lowest BCUT2D eigenvalue weighted by molar-refractivity contribution is -0.438. The number of carbonyl (C=O) groups excluding carboxylic acids is 3. The van der Waals surface area contributed by atoms with Crippen LogP contribution in [0.2, 0.25) is 0 Å². The third-order valence-electron chi connectivity index (χ3n) is 14.0. The Bertz CT molecular complexity index is 3330. The molecule has 3 aliphatic heterocycles. The second-order valence-electron chi connectivity index (χ2n) is 19.7. The van der Waals surface area contributed by atoms with Crippen LogP contribution in [0, 0.1) is 0 Å². The Morgan fingerprint density at radius 3 is 1.90 bits per heavy atom. The van der Waals surface area contributed by atoms with E-state index in [0.717, 1.165) is 17.0 Å². The summed E-state index contributed by atoms with van der Waals surface area (Å²) in [5.41, 5.74) is 3.29. The minimum Gasteiger partial charge on any atom is -0.344 e. The fraction of sp³-hybridized carbons (Fsp3) is 0.407. The van der Waals surface area contributed by atoms with Gasteiger partial charge in [0.2, 0.25) is 5.69 Å². The molecule has 77 heavy (non-hydrogen) atoms. The largest absolute Gasteiger partial charge is 0.344 e. The molecule has 1 fully saturated rings. The van der Waals surface area contributed by atoms with Gasteiger partial charge in [-0.1, -0.05) is 92.2 Å². The molecule has 3 heterocycles. The molecule has 2 unspecified atom stereocenters. The number of rotatable bonds is 27. The van der Waals surface area contributed by atoms with E-state index >= 15 is 0 Å². The highest BCUT2D eigenvalue weighted by atomic mass is 32.2. The van der Waals surface area contributed by atoms with Crippen LogP contribution in [0.15, 0.2) is 143 Å². The molecule has 23 heteroatoms. The third kappa shape index (κ3) is 16.3. The number of hydroxylamine groups is 2. The van der Waals surface area contributed by atoms with Crippen molar-refractivity contribution in [2.24, 2.45) is 0 Å². The monoisotopic (exact) mass is 1140 g/mol. The van der Waals surface area contributed by atoms with Gasteiger partial charge in [0.15, 0.2) is 5.71 Å². The zero-order valence-electron chi connectivity index (χ0n) is 42.9. The highest BCUT2D eigenvalue weighted by Crippen LogP contribution is 2.52. The van der Waals surface area contributed by atoms with Gasteiger partial charge in [-0.05, 0) is 106 Å². The first-order chi connectivity index (χ1) is 36.2. The van der Waals surface area contributed by atoms with Crippen molar-refractivity contribution >= 4 is 75.3 Å². The van der Waals surface area contributed by atoms with Crippen LogP contribution in [-0.4, -0.2) is 110 Å². The van der Waals surface area contributed by atoms with Crippen molar-refractivity contribution in [3.63, 3.8) is 0 Å². The van der Waals surface area contributed by atoms with Crippen molar-refractivity contribution in [3.05, 3.63) is 144 Å². The summed E-state index contributed by atoms with van der Waals surface area (Å²) in [6, 6.07) is 8.70. The number of nitrogens with zero attached hydrogens (tertiary/aromatic N) is 3. The normalized spacial score (nSPS) is 21.4. The molecule has 6 rings (SSSR count). The molecule has 0 saturated carbocycles. The van der Waals surface area contributed by atoms with Gasteiger partial charge < -0.3 is 9.74 Å². The first kappa shape index (κ1) is 60.3. The van der Waals surface area contributed by atoms with Gasteiger partial charge in [0.1, 0.15) is 6.54 Å². The van der Waals surface area contributed by atoms with Gasteiger partial charge in [0.05, 0.1) is 26.7 Å². The summed E-state index contributed by atoms with van der Waals surface area (Å²) in [5.74, 6) is -2.84. The smallest absolute Gasteiger partial charge is 0.333 e. The molecule has 2 amide bonds. The molecule has 2 aromatic carbocycles. The van der Waals surface area contributed by atoms with E-state index in [1.807, 2.05) is 79.5 Å². The number of fused-ring (bicyclic) bond motifs is 2. The lowest BCUT2D eigenvalue weighted by Crippen LogP contribution is -2.32. The molecule has 2 aromatic rings. The second-order valence-corrected chi connectivity index (χ2v) is 25.6. The standard InChI is InChI=1S/C54H65N3O16S4/c1-53(33-15-18-37-74(61,62)63)44-39-42(76(67,68)69)27-29-46(44)55(35-17-9-14-26-52(60)73-57-50(58)31-32-51(57)59)48(53)24-12-7-4-8-13-25-49-54(2,34-16-19-38-75(64,65)66)45-40-43(77(70,71)72)28-30-47(45)56(49)36-20-23-41-21-10-5-3-6-11-22-41/h3-8,10-13,21-22,24-25,27-30,39-40H,9,14-20,23,26,31-38H2,1-2H3,(H3-,61,62,63,64,65,66,67,68,69,70,71,72)/p+1/b5-3-,6-3?,10-5?,11-6-,21-10?,22-11?,41-21?,41-22?. The van der Waals surface area contributed by atoms with Crippen LogP contribution in [0.4, 0.5) is 11.4 Å². The number of anilines is 1. The van der Waals surface area contributed by atoms with E-state index in [9.17, 15) is 66.3 Å². The quantitative estimate of drug-likeness (QED) is 0.0214. The maximum Gasteiger partial charge on any atom is 0.333 e. The number of hydrogen-bond acceptors (Lipinski definition) is 13. The fourth-order valence-electron chi connectivity index (χ4n) is 10.1. The van der Waals surface area contributed by atoms with Gasteiger partial charge in [-0.25, -0.2) is 4.79 Å². The van der Waals surface area contributed by atoms with Crippen LogP contribution in [0.25, 0.3) is 0 Å². The minimum absolute atomic E-state index is 0.0323. The van der Waals surface area contributed by atoms with E-state index in [4.69, 9.17) is 4.84 Å².